The maximum Gasteiger partial charge on any atom is 0.372 e. The molecule has 2 aromatic heterocycles. The quantitative estimate of drug-likeness (QED) is 0.155. The van der Waals surface area contributed by atoms with Crippen molar-refractivity contribution in [1.29, 1.82) is 0 Å². The van der Waals surface area contributed by atoms with Gasteiger partial charge in [-0.3, -0.25) is 4.79 Å². The number of hydrogen-bond acceptors (Lipinski definition) is 7. The third-order valence-corrected chi connectivity index (χ3v) is 7.18. The molecule has 0 aliphatic carbocycles. The van der Waals surface area contributed by atoms with Crippen LogP contribution in [0.1, 0.15) is 48.5 Å². The molecule has 9 nitrogen and oxygen atoms in total. The van der Waals surface area contributed by atoms with E-state index in [1.165, 1.54) is 5.56 Å². The average molecular weight is 571 g/mol. The Bertz CT molecular complexity index is 1520. The highest BCUT2D eigenvalue weighted by atomic mass is 16.8. The minimum atomic E-state index is -0.486. The van der Waals surface area contributed by atoms with Crippen LogP contribution in [-0.4, -0.2) is 48.1 Å². The number of carbonyl (C=O) groups excluding carboxylic acids is 2. The van der Waals surface area contributed by atoms with Crippen LogP contribution in [0.15, 0.2) is 73.1 Å². The largest absolute Gasteiger partial charge is 0.461 e. The van der Waals surface area contributed by atoms with Crippen LogP contribution in [-0.2, 0) is 32.1 Å². The molecule has 42 heavy (non-hydrogen) atoms. The van der Waals surface area contributed by atoms with Gasteiger partial charge < -0.3 is 14.6 Å². The number of nitrogens with zero attached hydrogens (tertiary/aromatic N) is 2. The molecule has 1 aliphatic rings. The van der Waals surface area contributed by atoms with Gasteiger partial charge in [-0.1, -0.05) is 48.5 Å². The Hall–Kier alpha value is -4.18. The molecular formula is C33H36N3O6+. The number of hydroxylamine groups is 1. The van der Waals surface area contributed by atoms with Crippen LogP contribution in [0.25, 0.3) is 33.3 Å². The predicted octanol–water partition coefficient (Wildman–Crippen LogP) is 4.53. The molecule has 1 aliphatic heterocycles. The number of aromatic nitrogens is 2. The number of benzene rings is 2. The van der Waals surface area contributed by atoms with Gasteiger partial charge in [0.1, 0.15) is 0 Å². The van der Waals surface area contributed by atoms with Gasteiger partial charge >= 0.3 is 5.97 Å². The first-order chi connectivity index (χ1) is 20.5. The SMILES string of the molecule is CCOC(=O)C[n+]1ccc2nc(-c3ccc(-c4ccc(CCCO)cc4)cc3)cc(C(=O)NOC3CCCCO3)c2c1. The number of esters is 1. The summed E-state index contributed by atoms with van der Waals surface area (Å²) in [5, 5.41) is 9.65. The number of ether oxygens (including phenoxy) is 2. The minimum absolute atomic E-state index is 0.0167. The molecule has 1 atom stereocenters. The maximum atomic E-state index is 13.4. The van der Waals surface area contributed by atoms with Gasteiger partial charge in [-0.25, -0.2) is 20.1 Å². The average Bonchev–Trinajstić information content (AvgIpc) is 3.03. The summed E-state index contributed by atoms with van der Waals surface area (Å²) < 4.78 is 12.3. The number of fused-ring (bicyclic) bond motifs is 1. The van der Waals surface area contributed by atoms with Crippen LogP contribution in [0.4, 0.5) is 0 Å². The van der Waals surface area contributed by atoms with Gasteiger partial charge in [-0.05, 0) is 55.4 Å². The lowest BCUT2D eigenvalue weighted by Gasteiger charge is -2.22. The first-order valence-electron chi connectivity index (χ1n) is 14.4. The van der Waals surface area contributed by atoms with Gasteiger partial charge in [0.15, 0.2) is 18.7 Å². The lowest BCUT2D eigenvalue weighted by molar-refractivity contribution is -0.684. The number of aryl methyl sites for hydroxylation is 1. The molecule has 0 spiro atoms. The lowest BCUT2D eigenvalue weighted by atomic mass is 9.99. The van der Waals surface area contributed by atoms with Crippen molar-refractivity contribution in [3.8, 4) is 22.4 Å². The van der Waals surface area contributed by atoms with Crippen molar-refractivity contribution in [3.63, 3.8) is 0 Å². The van der Waals surface area contributed by atoms with Gasteiger partial charge in [0.2, 0.25) is 6.54 Å². The molecule has 3 heterocycles. The third-order valence-electron chi connectivity index (χ3n) is 7.18. The summed E-state index contributed by atoms with van der Waals surface area (Å²) in [5.41, 5.74) is 8.37. The van der Waals surface area contributed by atoms with E-state index in [0.717, 1.165) is 42.4 Å². The van der Waals surface area contributed by atoms with Crippen LogP contribution in [0.3, 0.4) is 0 Å². The lowest BCUT2D eigenvalue weighted by Crippen LogP contribution is -2.38. The summed E-state index contributed by atoms with van der Waals surface area (Å²) in [6.07, 6.45) is 7.24. The summed E-state index contributed by atoms with van der Waals surface area (Å²) in [6, 6.07) is 19.9. The normalized spacial score (nSPS) is 15.0. The fourth-order valence-electron chi connectivity index (χ4n) is 4.96. The fraction of sp³-hybridized carbons (Fsp3) is 0.333. The molecule has 0 saturated carbocycles. The molecule has 218 valence electrons. The van der Waals surface area contributed by atoms with Gasteiger partial charge in [-0.2, -0.15) is 4.57 Å². The van der Waals surface area contributed by atoms with Crippen LogP contribution in [0.2, 0.25) is 0 Å². The highest BCUT2D eigenvalue weighted by Crippen LogP contribution is 2.28. The second-order valence-corrected chi connectivity index (χ2v) is 10.2. The predicted molar refractivity (Wildman–Crippen MR) is 157 cm³/mol. The number of carbonyl (C=O) groups is 2. The summed E-state index contributed by atoms with van der Waals surface area (Å²) in [4.78, 5) is 35.9. The Labute approximate surface area is 245 Å². The van der Waals surface area contributed by atoms with Gasteiger partial charge in [0.25, 0.3) is 5.91 Å². The monoisotopic (exact) mass is 570 g/mol. The number of aliphatic hydroxyl groups excluding tert-OH is 1. The number of hydrogen-bond donors (Lipinski definition) is 2. The van der Waals surface area contributed by atoms with Gasteiger partial charge in [0, 0.05) is 31.3 Å². The van der Waals surface area contributed by atoms with Gasteiger partial charge in [-0.15, -0.1) is 0 Å². The van der Waals surface area contributed by atoms with Gasteiger partial charge in [0.05, 0.1) is 28.8 Å². The molecule has 0 radical (unpaired) electrons. The molecule has 2 aromatic carbocycles. The van der Waals surface area contributed by atoms with Crippen molar-refractivity contribution in [1.82, 2.24) is 10.5 Å². The second-order valence-electron chi connectivity index (χ2n) is 10.2. The number of aliphatic hydroxyl groups is 1. The van der Waals surface area contributed by atoms with E-state index in [1.807, 2.05) is 24.3 Å². The highest BCUT2D eigenvalue weighted by molar-refractivity contribution is 6.06. The zero-order valence-corrected chi connectivity index (χ0v) is 23.8. The van der Waals surface area contributed by atoms with E-state index in [1.54, 1.807) is 36.0 Å². The molecule has 1 unspecified atom stereocenters. The standard InChI is InChI=1S/C33H35N3O6/c1-2-40-31(38)22-36-17-16-29-28(21-36)27(33(39)35-42-32-7-3-4-19-41-32)20-30(34-29)26-14-12-25(13-15-26)24-10-8-23(9-11-24)6-5-18-37/h8-17,20-21,32,37H,2-7,18-19,22H2,1H3/p+1. The topological polar surface area (TPSA) is 111 Å². The smallest absolute Gasteiger partial charge is 0.372 e. The fourth-order valence-corrected chi connectivity index (χ4v) is 4.96. The molecule has 5 rings (SSSR count). The third kappa shape index (κ3) is 7.36. The Morgan fingerprint density at radius 1 is 1.05 bits per heavy atom. The summed E-state index contributed by atoms with van der Waals surface area (Å²) in [6.45, 7) is 2.85. The van der Waals surface area contributed by atoms with Crippen molar-refractivity contribution in [2.24, 2.45) is 0 Å². The molecular weight excluding hydrogens is 534 g/mol. The Morgan fingerprint density at radius 2 is 1.79 bits per heavy atom. The Kier molecular flexibility index (Phi) is 9.86. The maximum absolute atomic E-state index is 13.4. The molecule has 9 heteroatoms. The summed E-state index contributed by atoms with van der Waals surface area (Å²) in [5.74, 6) is -0.792. The molecule has 1 amide bonds. The highest BCUT2D eigenvalue weighted by Gasteiger charge is 2.21. The van der Waals surface area contributed by atoms with E-state index < -0.39 is 12.2 Å². The molecule has 0 bridgehead atoms. The van der Waals surface area contributed by atoms with Crippen molar-refractivity contribution in [3.05, 3.63) is 84.2 Å². The molecule has 1 fully saturated rings. The minimum Gasteiger partial charge on any atom is -0.461 e. The van der Waals surface area contributed by atoms with E-state index >= 15 is 0 Å². The van der Waals surface area contributed by atoms with Crippen LogP contribution >= 0.6 is 0 Å². The number of amides is 1. The van der Waals surface area contributed by atoms with Crippen LogP contribution < -0.4 is 10.0 Å². The summed E-state index contributed by atoms with van der Waals surface area (Å²) >= 11 is 0. The van der Waals surface area contributed by atoms with E-state index in [-0.39, 0.29) is 19.1 Å². The zero-order chi connectivity index (χ0) is 29.3. The Morgan fingerprint density at radius 3 is 2.48 bits per heavy atom. The van der Waals surface area contributed by atoms with E-state index in [2.05, 4.69) is 29.7 Å². The first kappa shape index (κ1) is 29.3. The number of nitrogens with one attached hydrogen (secondary N) is 1. The van der Waals surface area contributed by atoms with Crippen LogP contribution in [0, 0.1) is 0 Å². The van der Waals surface area contributed by atoms with E-state index in [0.29, 0.717) is 41.8 Å². The molecule has 2 N–H and O–H groups in total. The Balaban J connectivity index is 1.43. The van der Waals surface area contributed by atoms with Crippen molar-refractivity contribution < 1.29 is 33.6 Å². The summed E-state index contributed by atoms with van der Waals surface area (Å²) in [7, 11) is 0. The van der Waals surface area contributed by atoms with Crippen LogP contribution in [0.5, 0.6) is 0 Å². The molecule has 1 saturated heterocycles. The number of pyridine rings is 2. The van der Waals surface area contributed by atoms with E-state index in [4.69, 9.17) is 24.4 Å². The van der Waals surface area contributed by atoms with Crippen molar-refractivity contribution in [2.45, 2.75) is 51.9 Å². The van der Waals surface area contributed by atoms with Crippen molar-refractivity contribution >= 4 is 22.8 Å². The molecule has 4 aromatic rings. The van der Waals surface area contributed by atoms with E-state index in [9.17, 15) is 9.59 Å². The second kappa shape index (κ2) is 14.1. The number of rotatable bonds is 11. The van der Waals surface area contributed by atoms with Crippen molar-refractivity contribution in [2.75, 3.05) is 19.8 Å². The first-order valence-corrected chi connectivity index (χ1v) is 14.4. The zero-order valence-electron chi connectivity index (χ0n) is 23.8.